The second kappa shape index (κ2) is 8.10. The number of thiazole rings is 1. The molecule has 1 saturated heterocycles. The summed E-state index contributed by atoms with van der Waals surface area (Å²) in [6.07, 6.45) is 3.77. The number of methoxy groups -OCH3 is 1. The van der Waals surface area contributed by atoms with Gasteiger partial charge in [0, 0.05) is 13.0 Å². The Morgan fingerprint density at radius 2 is 2.15 bits per heavy atom. The number of amides is 1. The summed E-state index contributed by atoms with van der Waals surface area (Å²) in [7, 11) is 1.53. The smallest absolute Gasteiger partial charge is 0.235 e. The normalized spacial score (nSPS) is 16.6. The van der Waals surface area contributed by atoms with Gasteiger partial charge in [0.1, 0.15) is 6.10 Å². The van der Waals surface area contributed by atoms with E-state index in [0.717, 1.165) is 21.0 Å². The van der Waals surface area contributed by atoms with Crippen LogP contribution >= 0.6 is 23.1 Å². The first-order valence-electron chi connectivity index (χ1n) is 8.50. The molecule has 7 nitrogen and oxygen atoms in total. The predicted octanol–water partition coefficient (Wildman–Crippen LogP) is 2.87. The van der Waals surface area contributed by atoms with E-state index in [1.807, 2.05) is 29.2 Å². The first-order chi connectivity index (χ1) is 13.2. The lowest BCUT2D eigenvalue weighted by atomic mass is 10.3. The van der Waals surface area contributed by atoms with Crippen LogP contribution in [0.1, 0.15) is 6.42 Å². The van der Waals surface area contributed by atoms with Crippen LogP contribution in [-0.4, -0.2) is 57.8 Å². The third kappa shape index (κ3) is 4.30. The molecule has 3 aromatic rings. The molecular formula is C18H18N4O3S2. The lowest BCUT2D eigenvalue weighted by molar-refractivity contribution is -0.127. The molecule has 1 aliphatic heterocycles. The van der Waals surface area contributed by atoms with Crippen molar-refractivity contribution in [1.29, 1.82) is 0 Å². The quantitative estimate of drug-likeness (QED) is 0.587. The molecule has 1 aromatic carbocycles. The molecule has 0 spiro atoms. The maximum absolute atomic E-state index is 12.5. The molecule has 3 heterocycles. The molecule has 1 fully saturated rings. The number of carbonyl (C=O) groups excluding carboxylic acids is 1. The summed E-state index contributed by atoms with van der Waals surface area (Å²) in [4.78, 5) is 27.1. The van der Waals surface area contributed by atoms with Gasteiger partial charge in [-0.1, -0.05) is 23.9 Å². The molecule has 0 saturated carbocycles. The van der Waals surface area contributed by atoms with Crippen LogP contribution in [-0.2, 0) is 4.79 Å². The van der Waals surface area contributed by atoms with E-state index < -0.39 is 0 Å². The number of fused-ring (bicyclic) bond motifs is 1. The summed E-state index contributed by atoms with van der Waals surface area (Å²) < 4.78 is 12.9. The van der Waals surface area contributed by atoms with Crippen molar-refractivity contribution < 1.29 is 14.3 Å². The number of rotatable bonds is 6. The van der Waals surface area contributed by atoms with Crippen LogP contribution in [0.2, 0.25) is 0 Å². The minimum atomic E-state index is -0.0807. The second-order valence-electron chi connectivity index (χ2n) is 6.00. The number of nitrogens with zero attached hydrogens (tertiary/aromatic N) is 4. The molecule has 2 aromatic heterocycles. The van der Waals surface area contributed by atoms with Crippen molar-refractivity contribution in [2.75, 3.05) is 26.0 Å². The summed E-state index contributed by atoms with van der Waals surface area (Å²) >= 11 is 3.10. The number of ether oxygens (including phenoxy) is 2. The van der Waals surface area contributed by atoms with E-state index in [0.29, 0.717) is 30.6 Å². The highest BCUT2D eigenvalue weighted by molar-refractivity contribution is 8.01. The molecule has 0 N–H and O–H groups in total. The summed E-state index contributed by atoms with van der Waals surface area (Å²) in [6.45, 7) is 1.24. The zero-order chi connectivity index (χ0) is 18.6. The number of aromatic nitrogens is 3. The van der Waals surface area contributed by atoms with E-state index >= 15 is 0 Å². The van der Waals surface area contributed by atoms with Crippen LogP contribution in [0, 0.1) is 0 Å². The highest BCUT2D eigenvalue weighted by Gasteiger charge is 2.28. The molecule has 27 heavy (non-hydrogen) atoms. The van der Waals surface area contributed by atoms with Crippen molar-refractivity contribution in [3.63, 3.8) is 0 Å². The van der Waals surface area contributed by atoms with Crippen LogP contribution < -0.4 is 9.47 Å². The fraction of sp³-hybridized carbons (Fsp3) is 0.333. The Bertz CT molecular complexity index is 916. The zero-order valence-corrected chi connectivity index (χ0v) is 16.3. The van der Waals surface area contributed by atoms with Gasteiger partial charge in [0.2, 0.25) is 17.7 Å². The van der Waals surface area contributed by atoms with Gasteiger partial charge in [0.25, 0.3) is 0 Å². The van der Waals surface area contributed by atoms with Crippen LogP contribution in [0.4, 0.5) is 0 Å². The Kier molecular flexibility index (Phi) is 5.40. The van der Waals surface area contributed by atoms with Gasteiger partial charge in [0.15, 0.2) is 4.34 Å². The molecule has 9 heteroatoms. The average molecular weight is 403 g/mol. The minimum absolute atomic E-state index is 0.0807. The van der Waals surface area contributed by atoms with E-state index in [1.165, 1.54) is 25.1 Å². The molecule has 1 unspecified atom stereocenters. The third-order valence-electron chi connectivity index (χ3n) is 4.18. The van der Waals surface area contributed by atoms with E-state index in [-0.39, 0.29) is 12.0 Å². The Hall–Kier alpha value is -2.39. The Morgan fingerprint density at radius 1 is 1.30 bits per heavy atom. The van der Waals surface area contributed by atoms with E-state index in [1.54, 1.807) is 17.5 Å². The molecule has 1 aliphatic rings. The number of benzene rings is 1. The fourth-order valence-electron chi connectivity index (χ4n) is 2.84. The molecule has 4 rings (SSSR count). The van der Waals surface area contributed by atoms with Gasteiger partial charge < -0.3 is 14.4 Å². The summed E-state index contributed by atoms with van der Waals surface area (Å²) in [5.74, 6) is 1.30. The van der Waals surface area contributed by atoms with E-state index in [4.69, 9.17) is 9.47 Å². The van der Waals surface area contributed by atoms with Gasteiger partial charge in [-0.15, -0.1) is 11.3 Å². The van der Waals surface area contributed by atoms with Crippen LogP contribution in [0.5, 0.6) is 11.8 Å². The zero-order valence-electron chi connectivity index (χ0n) is 14.7. The van der Waals surface area contributed by atoms with Crippen molar-refractivity contribution >= 4 is 39.2 Å². The summed E-state index contributed by atoms with van der Waals surface area (Å²) in [5, 5.41) is 0. The predicted molar refractivity (Wildman–Crippen MR) is 105 cm³/mol. The van der Waals surface area contributed by atoms with E-state index in [9.17, 15) is 4.79 Å². The van der Waals surface area contributed by atoms with Gasteiger partial charge in [-0.05, 0) is 12.1 Å². The highest BCUT2D eigenvalue weighted by atomic mass is 32.2. The number of carbonyl (C=O) groups is 1. The van der Waals surface area contributed by atoms with Crippen LogP contribution in [0.15, 0.2) is 41.0 Å². The van der Waals surface area contributed by atoms with Crippen LogP contribution in [0.3, 0.4) is 0 Å². The molecule has 140 valence electrons. The Balaban J connectivity index is 1.29. The molecular weight excluding hydrogens is 384 g/mol. The first-order valence-corrected chi connectivity index (χ1v) is 10.3. The standard InChI is InChI=1S/C18H18N4O3S2/c1-24-15-8-19-9-16(21-15)25-12-6-7-22(10-12)17(23)11-26-18-20-13-4-2-3-5-14(13)27-18/h2-5,8-9,12H,6-7,10-11H2,1H3. The maximum Gasteiger partial charge on any atom is 0.235 e. The SMILES string of the molecule is COc1cncc(OC2CCN(C(=O)CSc3nc4ccccc4s3)C2)n1. The Morgan fingerprint density at radius 3 is 3.00 bits per heavy atom. The maximum atomic E-state index is 12.5. The molecule has 1 amide bonds. The largest absolute Gasteiger partial charge is 0.480 e. The van der Waals surface area contributed by atoms with Gasteiger partial charge in [-0.25, -0.2) is 4.98 Å². The molecule has 0 bridgehead atoms. The average Bonchev–Trinajstić information content (AvgIpc) is 3.33. The van der Waals surface area contributed by atoms with Crippen molar-refractivity contribution in [2.24, 2.45) is 0 Å². The van der Waals surface area contributed by atoms with Crippen molar-refractivity contribution in [3.05, 3.63) is 36.7 Å². The topological polar surface area (TPSA) is 77.4 Å². The van der Waals surface area contributed by atoms with Gasteiger partial charge in [-0.2, -0.15) is 4.98 Å². The van der Waals surface area contributed by atoms with Crippen molar-refractivity contribution in [1.82, 2.24) is 19.9 Å². The lowest BCUT2D eigenvalue weighted by Gasteiger charge is -2.16. The lowest BCUT2D eigenvalue weighted by Crippen LogP contribution is -2.32. The van der Waals surface area contributed by atoms with Crippen molar-refractivity contribution in [2.45, 2.75) is 16.9 Å². The number of likely N-dealkylation sites (tertiary alicyclic amines) is 1. The number of hydrogen-bond acceptors (Lipinski definition) is 8. The first kappa shape index (κ1) is 18.0. The molecule has 1 atom stereocenters. The monoisotopic (exact) mass is 402 g/mol. The Labute approximate surface area is 164 Å². The second-order valence-corrected chi connectivity index (χ2v) is 8.26. The highest BCUT2D eigenvalue weighted by Crippen LogP contribution is 2.29. The van der Waals surface area contributed by atoms with Gasteiger partial charge in [0.05, 0.1) is 42.0 Å². The van der Waals surface area contributed by atoms with E-state index in [2.05, 4.69) is 15.0 Å². The number of hydrogen-bond donors (Lipinski definition) is 0. The third-order valence-corrected chi connectivity index (χ3v) is 6.34. The van der Waals surface area contributed by atoms with Gasteiger partial charge >= 0.3 is 0 Å². The summed E-state index contributed by atoms with van der Waals surface area (Å²) in [6, 6.07) is 8.00. The molecule has 0 radical (unpaired) electrons. The summed E-state index contributed by atoms with van der Waals surface area (Å²) in [5.41, 5.74) is 0.978. The fourth-order valence-corrected chi connectivity index (χ4v) is 4.81. The van der Waals surface area contributed by atoms with Gasteiger partial charge in [-0.3, -0.25) is 9.78 Å². The van der Waals surface area contributed by atoms with Crippen LogP contribution in [0.25, 0.3) is 10.2 Å². The number of thioether (sulfide) groups is 1. The molecule has 0 aliphatic carbocycles. The van der Waals surface area contributed by atoms with Crippen molar-refractivity contribution in [3.8, 4) is 11.8 Å². The minimum Gasteiger partial charge on any atom is -0.480 e. The number of para-hydroxylation sites is 1.